The molecule has 0 spiro atoms. The van der Waals surface area contributed by atoms with Gasteiger partial charge in [-0.25, -0.2) is 0 Å². The highest BCUT2D eigenvalue weighted by Gasteiger charge is 2.24. The summed E-state index contributed by atoms with van der Waals surface area (Å²) in [4.78, 5) is 16.7. The van der Waals surface area contributed by atoms with E-state index >= 15 is 0 Å². The summed E-state index contributed by atoms with van der Waals surface area (Å²) in [6, 6.07) is 5.85. The third kappa shape index (κ3) is 3.67. The number of likely N-dealkylation sites (tertiary alicyclic amines) is 1. The lowest BCUT2D eigenvalue weighted by atomic mass is 10.0. The van der Waals surface area contributed by atoms with Crippen molar-refractivity contribution in [3.05, 3.63) is 23.8 Å². The zero-order valence-electron chi connectivity index (χ0n) is 13.1. The summed E-state index contributed by atoms with van der Waals surface area (Å²) in [5.41, 5.74) is 7.09. The fraction of sp³-hybridized carbons (Fsp3) is 0.562. The topological polar surface area (TPSA) is 58.8 Å². The molecule has 1 amide bonds. The molecule has 21 heavy (non-hydrogen) atoms. The van der Waals surface area contributed by atoms with Crippen LogP contribution in [0.25, 0.3) is 0 Å². The summed E-state index contributed by atoms with van der Waals surface area (Å²) in [7, 11) is 4.19. The van der Waals surface area contributed by atoms with Crippen molar-refractivity contribution in [2.24, 2.45) is 0 Å². The van der Waals surface area contributed by atoms with Gasteiger partial charge in [-0.2, -0.15) is 0 Å². The Bertz CT molecular complexity index is 494. The number of ether oxygens (including phenoxy) is 1. The van der Waals surface area contributed by atoms with Crippen LogP contribution < -0.4 is 10.5 Å². The first-order valence-corrected chi connectivity index (χ1v) is 7.51. The molecule has 1 aliphatic rings. The molecule has 0 aromatic heterocycles. The Balaban J connectivity index is 2.02. The van der Waals surface area contributed by atoms with Crippen molar-refractivity contribution in [3.8, 4) is 5.75 Å². The molecule has 0 radical (unpaired) electrons. The van der Waals surface area contributed by atoms with Crippen molar-refractivity contribution in [2.75, 3.05) is 39.5 Å². The molecule has 5 heteroatoms. The number of piperidine rings is 1. The van der Waals surface area contributed by atoms with Crippen LogP contribution in [-0.2, 0) is 0 Å². The molecule has 1 saturated heterocycles. The van der Waals surface area contributed by atoms with E-state index in [1.165, 1.54) is 0 Å². The Hall–Kier alpha value is -1.75. The van der Waals surface area contributed by atoms with E-state index in [-0.39, 0.29) is 5.91 Å². The lowest BCUT2D eigenvalue weighted by molar-refractivity contribution is 0.0663. The molecule has 1 heterocycles. The Morgan fingerprint density at radius 1 is 1.38 bits per heavy atom. The van der Waals surface area contributed by atoms with Gasteiger partial charge in [-0.15, -0.1) is 0 Å². The quantitative estimate of drug-likeness (QED) is 0.860. The Morgan fingerprint density at radius 2 is 2.05 bits per heavy atom. The average molecular weight is 291 g/mol. The molecule has 5 nitrogen and oxygen atoms in total. The number of rotatable bonds is 4. The van der Waals surface area contributed by atoms with Gasteiger partial charge in [0.15, 0.2) is 0 Å². The van der Waals surface area contributed by atoms with Crippen LogP contribution in [0.1, 0.15) is 30.1 Å². The second kappa shape index (κ2) is 6.80. The molecule has 1 aromatic carbocycles. The van der Waals surface area contributed by atoms with Crippen molar-refractivity contribution >= 4 is 11.6 Å². The summed E-state index contributed by atoms with van der Waals surface area (Å²) in [5, 5.41) is 0. The molecule has 0 atom stereocenters. The van der Waals surface area contributed by atoms with Gasteiger partial charge in [-0.1, -0.05) is 0 Å². The van der Waals surface area contributed by atoms with Crippen LogP contribution in [0.4, 0.5) is 5.69 Å². The van der Waals surface area contributed by atoms with E-state index in [1.54, 1.807) is 18.2 Å². The summed E-state index contributed by atoms with van der Waals surface area (Å²) < 4.78 is 5.40. The van der Waals surface area contributed by atoms with Gasteiger partial charge in [-0.3, -0.25) is 4.79 Å². The van der Waals surface area contributed by atoms with Gasteiger partial charge >= 0.3 is 0 Å². The number of carbonyl (C=O) groups excluding carboxylic acids is 1. The van der Waals surface area contributed by atoms with E-state index in [0.29, 0.717) is 29.6 Å². The van der Waals surface area contributed by atoms with Crippen molar-refractivity contribution in [2.45, 2.75) is 25.8 Å². The molecule has 0 bridgehead atoms. The zero-order valence-corrected chi connectivity index (χ0v) is 13.1. The number of carbonyl (C=O) groups is 1. The predicted molar refractivity (Wildman–Crippen MR) is 84.6 cm³/mol. The van der Waals surface area contributed by atoms with Crippen LogP contribution in [0.15, 0.2) is 18.2 Å². The second-order valence-corrected chi connectivity index (χ2v) is 5.67. The maximum atomic E-state index is 12.5. The maximum absolute atomic E-state index is 12.5. The summed E-state index contributed by atoms with van der Waals surface area (Å²) in [5.74, 6) is 0.697. The molecule has 1 fully saturated rings. The standard InChI is InChI=1S/C16H25N3O2/c1-4-21-15-6-5-12(11-14(15)17)16(20)19-9-7-13(8-10-19)18(2)3/h5-6,11,13H,4,7-10,17H2,1-3H3. The molecule has 2 rings (SSSR count). The molecule has 2 N–H and O–H groups in total. The highest BCUT2D eigenvalue weighted by molar-refractivity contribution is 5.95. The average Bonchev–Trinajstić information content (AvgIpc) is 2.49. The number of benzene rings is 1. The van der Waals surface area contributed by atoms with Crippen LogP contribution >= 0.6 is 0 Å². The Kier molecular flexibility index (Phi) is 5.07. The SMILES string of the molecule is CCOc1ccc(C(=O)N2CCC(N(C)C)CC2)cc1N. The minimum Gasteiger partial charge on any atom is -0.492 e. The van der Waals surface area contributed by atoms with E-state index in [2.05, 4.69) is 19.0 Å². The van der Waals surface area contributed by atoms with Gasteiger partial charge in [0.1, 0.15) is 5.75 Å². The summed E-state index contributed by atoms with van der Waals surface area (Å²) in [6.07, 6.45) is 2.04. The monoisotopic (exact) mass is 291 g/mol. The van der Waals surface area contributed by atoms with Crippen LogP contribution in [0, 0.1) is 0 Å². The highest BCUT2D eigenvalue weighted by Crippen LogP contribution is 2.24. The lowest BCUT2D eigenvalue weighted by Crippen LogP contribution is -2.44. The van der Waals surface area contributed by atoms with Crippen LogP contribution in [0.2, 0.25) is 0 Å². The van der Waals surface area contributed by atoms with Gasteiger partial charge in [-0.05, 0) is 52.1 Å². The van der Waals surface area contributed by atoms with Crippen molar-refractivity contribution < 1.29 is 9.53 Å². The molecule has 1 aromatic rings. The van der Waals surface area contributed by atoms with Gasteiger partial charge in [0.2, 0.25) is 0 Å². The smallest absolute Gasteiger partial charge is 0.253 e. The molecule has 116 valence electrons. The molecule has 1 aliphatic heterocycles. The Labute approximate surface area is 126 Å². The van der Waals surface area contributed by atoms with Gasteiger partial charge in [0, 0.05) is 24.7 Å². The zero-order chi connectivity index (χ0) is 15.4. The van der Waals surface area contributed by atoms with Crippen LogP contribution in [-0.4, -0.2) is 55.5 Å². The van der Waals surface area contributed by atoms with Crippen LogP contribution in [0.5, 0.6) is 5.75 Å². The first kappa shape index (κ1) is 15.6. The second-order valence-electron chi connectivity index (χ2n) is 5.67. The van der Waals surface area contributed by atoms with Crippen molar-refractivity contribution in [3.63, 3.8) is 0 Å². The molecule has 0 aliphatic carbocycles. The van der Waals surface area contributed by atoms with E-state index < -0.39 is 0 Å². The number of nitrogens with zero attached hydrogens (tertiary/aromatic N) is 2. The first-order chi connectivity index (χ1) is 10.0. The number of amides is 1. The maximum Gasteiger partial charge on any atom is 0.253 e. The van der Waals surface area contributed by atoms with Gasteiger partial charge in [0.05, 0.1) is 12.3 Å². The number of anilines is 1. The number of hydrogen-bond donors (Lipinski definition) is 1. The van der Waals surface area contributed by atoms with Crippen LogP contribution in [0.3, 0.4) is 0 Å². The third-order valence-electron chi connectivity index (χ3n) is 4.04. The molecular formula is C16H25N3O2. The van der Waals surface area contributed by atoms with Crippen molar-refractivity contribution in [1.82, 2.24) is 9.80 Å². The lowest BCUT2D eigenvalue weighted by Gasteiger charge is -2.35. The predicted octanol–water partition coefficient (Wildman–Crippen LogP) is 1.83. The normalized spacial score (nSPS) is 16.3. The van der Waals surface area contributed by atoms with E-state index in [1.807, 2.05) is 11.8 Å². The van der Waals surface area contributed by atoms with E-state index in [4.69, 9.17) is 10.5 Å². The minimum atomic E-state index is 0.0574. The first-order valence-electron chi connectivity index (χ1n) is 7.51. The Morgan fingerprint density at radius 3 is 2.57 bits per heavy atom. The minimum absolute atomic E-state index is 0.0574. The highest BCUT2D eigenvalue weighted by atomic mass is 16.5. The van der Waals surface area contributed by atoms with E-state index in [0.717, 1.165) is 25.9 Å². The van der Waals surface area contributed by atoms with Crippen molar-refractivity contribution in [1.29, 1.82) is 0 Å². The molecular weight excluding hydrogens is 266 g/mol. The molecule has 0 unspecified atom stereocenters. The van der Waals surface area contributed by atoms with E-state index in [9.17, 15) is 4.79 Å². The van der Waals surface area contributed by atoms with Gasteiger partial charge in [0.25, 0.3) is 5.91 Å². The third-order valence-corrected chi connectivity index (χ3v) is 4.04. The molecule has 0 saturated carbocycles. The van der Waals surface area contributed by atoms with Gasteiger partial charge < -0.3 is 20.3 Å². The largest absolute Gasteiger partial charge is 0.492 e. The number of hydrogen-bond acceptors (Lipinski definition) is 4. The fourth-order valence-electron chi connectivity index (χ4n) is 2.74. The fourth-order valence-corrected chi connectivity index (χ4v) is 2.74. The summed E-state index contributed by atoms with van der Waals surface area (Å²) in [6.45, 7) is 4.08. The number of nitrogens with two attached hydrogens (primary N) is 1. The summed E-state index contributed by atoms with van der Waals surface area (Å²) >= 11 is 0. The number of nitrogen functional groups attached to an aromatic ring is 1.